The van der Waals surface area contributed by atoms with Crippen molar-refractivity contribution in [1.29, 1.82) is 0 Å². The number of carbonyl (C=O) groups excluding carboxylic acids is 1. The lowest BCUT2D eigenvalue weighted by Gasteiger charge is -2.30. The number of rotatable bonds is 7. The standard InChI is InChI=1S/C19H20F2N4O5S/c20-15-10-14(31(29,30)24-18(26)13-4-2-1-3-5-13)11-16(25(27)28)17(15)23-12-19(21)6-8-22-9-7-19/h1-5,10-11,22-23H,6-9,12H2,(H,24,26). The van der Waals surface area contributed by atoms with Gasteiger partial charge >= 0.3 is 0 Å². The second kappa shape index (κ2) is 8.94. The van der Waals surface area contributed by atoms with Crippen LogP contribution in [0.15, 0.2) is 47.4 Å². The van der Waals surface area contributed by atoms with Gasteiger partial charge in [-0.2, -0.15) is 0 Å². The Balaban J connectivity index is 1.87. The highest BCUT2D eigenvalue weighted by Crippen LogP contribution is 2.33. The van der Waals surface area contributed by atoms with E-state index in [0.717, 1.165) is 0 Å². The zero-order valence-electron chi connectivity index (χ0n) is 16.2. The zero-order chi connectivity index (χ0) is 22.6. The number of alkyl halides is 1. The van der Waals surface area contributed by atoms with Gasteiger partial charge in [0.25, 0.3) is 21.6 Å². The maximum Gasteiger partial charge on any atom is 0.296 e. The van der Waals surface area contributed by atoms with Crippen molar-refractivity contribution < 1.29 is 26.9 Å². The maximum absolute atomic E-state index is 14.8. The van der Waals surface area contributed by atoms with Crippen molar-refractivity contribution >= 4 is 27.3 Å². The quantitative estimate of drug-likeness (QED) is 0.432. The van der Waals surface area contributed by atoms with Crippen molar-refractivity contribution in [3.63, 3.8) is 0 Å². The van der Waals surface area contributed by atoms with Gasteiger partial charge in [-0.25, -0.2) is 21.9 Å². The van der Waals surface area contributed by atoms with E-state index in [-0.39, 0.29) is 24.9 Å². The number of carbonyl (C=O) groups is 1. The number of nitrogens with zero attached hydrogens (tertiary/aromatic N) is 1. The molecule has 0 saturated carbocycles. The molecule has 3 N–H and O–H groups in total. The molecule has 1 saturated heterocycles. The Morgan fingerprint density at radius 3 is 2.45 bits per heavy atom. The fraction of sp³-hybridized carbons (Fsp3) is 0.316. The van der Waals surface area contributed by atoms with Crippen LogP contribution < -0.4 is 15.4 Å². The Hall–Kier alpha value is -3.12. The molecule has 12 heteroatoms. The number of halogens is 2. The molecule has 0 atom stereocenters. The van der Waals surface area contributed by atoms with Gasteiger partial charge in [-0.3, -0.25) is 14.9 Å². The summed E-state index contributed by atoms with van der Waals surface area (Å²) in [5.41, 5.74) is -3.14. The molecular formula is C19H20F2N4O5S. The minimum atomic E-state index is -4.60. The van der Waals surface area contributed by atoms with Gasteiger partial charge in [0.2, 0.25) is 0 Å². The second-order valence-corrected chi connectivity index (χ2v) is 8.79. The van der Waals surface area contributed by atoms with Crippen molar-refractivity contribution in [3.8, 4) is 0 Å². The highest BCUT2D eigenvalue weighted by atomic mass is 32.2. The maximum atomic E-state index is 14.8. The predicted octanol–water partition coefficient (Wildman–Crippen LogP) is 2.36. The molecule has 31 heavy (non-hydrogen) atoms. The number of piperidine rings is 1. The highest BCUT2D eigenvalue weighted by molar-refractivity contribution is 7.90. The van der Waals surface area contributed by atoms with Gasteiger partial charge in [0.15, 0.2) is 5.82 Å². The van der Waals surface area contributed by atoms with Gasteiger partial charge in [-0.15, -0.1) is 0 Å². The zero-order valence-corrected chi connectivity index (χ0v) is 17.0. The SMILES string of the molecule is O=C(NS(=O)(=O)c1cc(F)c(NCC2(F)CCNCC2)c([N+](=O)[O-])c1)c1ccccc1. The van der Waals surface area contributed by atoms with Crippen LogP contribution in [0.25, 0.3) is 0 Å². The lowest BCUT2D eigenvalue weighted by Crippen LogP contribution is -2.43. The van der Waals surface area contributed by atoms with Crippen molar-refractivity contribution in [2.24, 2.45) is 0 Å². The summed E-state index contributed by atoms with van der Waals surface area (Å²) in [4.78, 5) is 21.8. The monoisotopic (exact) mass is 454 g/mol. The Bertz CT molecular complexity index is 1090. The van der Waals surface area contributed by atoms with Crippen LogP contribution in [0.1, 0.15) is 23.2 Å². The topological polar surface area (TPSA) is 130 Å². The largest absolute Gasteiger partial charge is 0.374 e. The minimum absolute atomic E-state index is 0.0366. The third kappa shape index (κ3) is 5.33. The Morgan fingerprint density at radius 1 is 1.19 bits per heavy atom. The first kappa shape index (κ1) is 22.6. The molecule has 0 aromatic heterocycles. The molecule has 1 fully saturated rings. The molecule has 2 aromatic carbocycles. The number of amides is 1. The van der Waals surface area contributed by atoms with Crippen LogP contribution in [-0.2, 0) is 10.0 Å². The van der Waals surface area contributed by atoms with Gasteiger partial charge < -0.3 is 10.6 Å². The van der Waals surface area contributed by atoms with E-state index in [0.29, 0.717) is 25.2 Å². The van der Waals surface area contributed by atoms with Crippen LogP contribution in [-0.4, -0.2) is 44.6 Å². The summed E-state index contributed by atoms with van der Waals surface area (Å²) >= 11 is 0. The number of nitro benzene ring substituents is 1. The van der Waals surface area contributed by atoms with Crippen molar-refractivity contribution in [3.05, 3.63) is 64.0 Å². The summed E-state index contributed by atoms with van der Waals surface area (Å²) in [6, 6.07) is 8.58. The summed E-state index contributed by atoms with van der Waals surface area (Å²) in [6.07, 6.45) is 0.292. The predicted molar refractivity (Wildman–Crippen MR) is 109 cm³/mol. The lowest BCUT2D eigenvalue weighted by atomic mass is 9.94. The number of anilines is 1. The molecule has 3 rings (SSSR count). The lowest BCUT2D eigenvalue weighted by molar-refractivity contribution is -0.384. The number of nitro groups is 1. The van der Waals surface area contributed by atoms with Crippen molar-refractivity contribution in [1.82, 2.24) is 10.0 Å². The van der Waals surface area contributed by atoms with Crippen LogP contribution in [0.5, 0.6) is 0 Å². The fourth-order valence-electron chi connectivity index (χ4n) is 3.17. The summed E-state index contributed by atoms with van der Waals surface area (Å²) in [7, 11) is -4.60. The first-order valence-electron chi connectivity index (χ1n) is 9.35. The van der Waals surface area contributed by atoms with Crippen molar-refractivity contribution in [2.45, 2.75) is 23.4 Å². The van der Waals surface area contributed by atoms with Crippen LogP contribution >= 0.6 is 0 Å². The molecule has 0 aliphatic carbocycles. The van der Waals surface area contributed by atoms with Gasteiger partial charge in [0.05, 0.1) is 9.82 Å². The van der Waals surface area contributed by atoms with Crippen LogP contribution in [0.3, 0.4) is 0 Å². The Labute approximate surface area is 177 Å². The van der Waals surface area contributed by atoms with E-state index >= 15 is 0 Å². The van der Waals surface area contributed by atoms with E-state index in [1.807, 2.05) is 0 Å². The fourth-order valence-corrected chi connectivity index (χ4v) is 4.18. The molecule has 1 heterocycles. The van der Waals surface area contributed by atoms with Crippen molar-refractivity contribution in [2.75, 3.05) is 25.0 Å². The molecule has 166 valence electrons. The number of benzene rings is 2. The van der Waals surface area contributed by atoms with E-state index in [2.05, 4.69) is 10.6 Å². The second-order valence-electron chi connectivity index (χ2n) is 7.11. The number of hydrogen-bond acceptors (Lipinski definition) is 7. The molecule has 1 aliphatic heterocycles. The third-order valence-corrected chi connectivity index (χ3v) is 6.21. The van der Waals surface area contributed by atoms with Crippen LogP contribution in [0, 0.1) is 15.9 Å². The van der Waals surface area contributed by atoms with E-state index < -0.39 is 48.6 Å². The molecule has 0 bridgehead atoms. The van der Waals surface area contributed by atoms with Gasteiger partial charge in [0, 0.05) is 18.2 Å². The Kier molecular flexibility index (Phi) is 6.51. The van der Waals surface area contributed by atoms with E-state index in [1.54, 1.807) is 10.8 Å². The first-order valence-corrected chi connectivity index (χ1v) is 10.8. The molecular weight excluding hydrogens is 434 g/mol. The molecule has 1 amide bonds. The van der Waals surface area contributed by atoms with Gasteiger partial charge in [-0.1, -0.05) is 18.2 Å². The van der Waals surface area contributed by atoms with Crippen LogP contribution in [0.2, 0.25) is 0 Å². The third-order valence-electron chi connectivity index (χ3n) is 4.89. The summed E-state index contributed by atoms with van der Waals surface area (Å²) in [6.45, 7) is 0.464. The van der Waals surface area contributed by atoms with E-state index in [4.69, 9.17) is 0 Å². The molecule has 9 nitrogen and oxygen atoms in total. The summed E-state index contributed by atoms with van der Waals surface area (Å²) in [5, 5.41) is 16.8. The molecule has 2 aromatic rings. The van der Waals surface area contributed by atoms with E-state index in [1.165, 1.54) is 24.3 Å². The molecule has 1 aliphatic rings. The molecule has 0 radical (unpaired) electrons. The number of nitrogens with one attached hydrogen (secondary N) is 3. The molecule has 0 spiro atoms. The van der Waals surface area contributed by atoms with Gasteiger partial charge in [-0.05, 0) is 44.1 Å². The smallest absolute Gasteiger partial charge is 0.296 e. The minimum Gasteiger partial charge on any atom is -0.374 e. The van der Waals surface area contributed by atoms with Gasteiger partial charge in [0.1, 0.15) is 11.4 Å². The average molecular weight is 454 g/mol. The average Bonchev–Trinajstić information content (AvgIpc) is 2.73. The highest BCUT2D eigenvalue weighted by Gasteiger charge is 2.33. The number of sulfonamides is 1. The van der Waals surface area contributed by atoms with E-state index in [9.17, 15) is 32.1 Å². The first-order chi connectivity index (χ1) is 14.6. The number of hydrogen-bond donors (Lipinski definition) is 3. The summed E-state index contributed by atoms with van der Waals surface area (Å²) < 4.78 is 56.2. The molecule has 0 unspecified atom stereocenters. The summed E-state index contributed by atoms with van der Waals surface area (Å²) in [5.74, 6) is -2.23. The Morgan fingerprint density at radius 2 is 1.84 bits per heavy atom. The normalized spacial score (nSPS) is 15.8. The van der Waals surface area contributed by atoms with Crippen LogP contribution in [0.4, 0.5) is 20.2 Å².